The Morgan fingerprint density at radius 1 is 1.18 bits per heavy atom. The molecule has 0 aromatic heterocycles. The number of benzene rings is 1. The van der Waals surface area contributed by atoms with Crippen molar-refractivity contribution in [3.8, 4) is 5.75 Å². The Morgan fingerprint density at radius 3 is 2.41 bits per heavy atom. The summed E-state index contributed by atoms with van der Waals surface area (Å²) in [5, 5.41) is 0. The number of hydrogen-bond donors (Lipinski definition) is 0. The molecule has 1 atom stereocenters. The van der Waals surface area contributed by atoms with E-state index in [2.05, 4.69) is 11.8 Å². The predicted octanol–water partition coefficient (Wildman–Crippen LogP) is 2.36. The zero-order valence-corrected chi connectivity index (χ0v) is 10.2. The highest BCUT2D eigenvalue weighted by Crippen LogP contribution is 2.17. The molecule has 0 amide bonds. The highest BCUT2D eigenvalue weighted by molar-refractivity contribution is 5.75. The summed E-state index contributed by atoms with van der Waals surface area (Å²) in [4.78, 5) is 12.8. The number of piperidine rings is 1. The zero-order chi connectivity index (χ0) is 12.1. The summed E-state index contributed by atoms with van der Waals surface area (Å²) in [5.74, 6) is 0.807. The molecule has 3 heteroatoms. The average Bonchev–Trinajstić information content (AvgIpc) is 2.40. The van der Waals surface area contributed by atoms with Gasteiger partial charge in [0.1, 0.15) is 12.0 Å². The van der Waals surface area contributed by atoms with Crippen LogP contribution in [0.3, 0.4) is 0 Å². The Bertz CT molecular complexity index is 355. The second-order valence-electron chi connectivity index (χ2n) is 4.44. The van der Waals surface area contributed by atoms with Gasteiger partial charge in [0, 0.05) is 18.7 Å². The number of rotatable bonds is 4. The van der Waals surface area contributed by atoms with Crippen molar-refractivity contribution in [1.29, 1.82) is 0 Å². The summed E-state index contributed by atoms with van der Waals surface area (Å²) in [6, 6.07) is 7.10. The maximum absolute atomic E-state index is 10.4. The van der Waals surface area contributed by atoms with Gasteiger partial charge in [0.25, 0.3) is 0 Å². The number of hydrogen-bond acceptors (Lipinski definition) is 3. The van der Waals surface area contributed by atoms with Crippen LogP contribution < -0.4 is 4.74 Å². The van der Waals surface area contributed by atoms with Gasteiger partial charge in [0.15, 0.2) is 0 Å². The first-order chi connectivity index (χ1) is 8.29. The monoisotopic (exact) mass is 232 g/mol. The standard InChI is InChI=1S/C14H18NO2/c1-12(15-9-3-2-4-10-15)17-14-7-5-13(11-16)6-8-14/h5-8,12H,2-4,9-10H2,1H3. The minimum Gasteiger partial charge on any atom is -0.475 e. The van der Waals surface area contributed by atoms with Gasteiger partial charge < -0.3 is 4.74 Å². The Balaban J connectivity index is 1.92. The van der Waals surface area contributed by atoms with Gasteiger partial charge in [-0.1, -0.05) is 6.42 Å². The molecule has 0 saturated carbocycles. The highest BCUT2D eigenvalue weighted by Gasteiger charge is 2.17. The van der Waals surface area contributed by atoms with Crippen molar-refractivity contribution in [2.24, 2.45) is 0 Å². The van der Waals surface area contributed by atoms with Crippen LogP contribution in [0.25, 0.3) is 0 Å². The summed E-state index contributed by atoms with van der Waals surface area (Å²) < 4.78 is 5.85. The van der Waals surface area contributed by atoms with Crippen LogP contribution in [-0.4, -0.2) is 30.5 Å². The quantitative estimate of drug-likeness (QED) is 0.798. The van der Waals surface area contributed by atoms with Crippen molar-refractivity contribution in [3.63, 3.8) is 0 Å². The molecule has 1 radical (unpaired) electrons. The van der Waals surface area contributed by atoms with E-state index in [4.69, 9.17) is 4.74 Å². The van der Waals surface area contributed by atoms with Crippen LogP contribution in [0.15, 0.2) is 24.3 Å². The van der Waals surface area contributed by atoms with E-state index in [9.17, 15) is 4.79 Å². The van der Waals surface area contributed by atoms with E-state index >= 15 is 0 Å². The van der Waals surface area contributed by atoms with Crippen LogP contribution in [0.2, 0.25) is 0 Å². The van der Waals surface area contributed by atoms with Gasteiger partial charge in [-0.2, -0.15) is 0 Å². The van der Waals surface area contributed by atoms with E-state index in [-0.39, 0.29) is 6.23 Å². The van der Waals surface area contributed by atoms with Crippen LogP contribution in [0.4, 0.5) is 0 Å². The lowest BCUT2D eigenvalue weighted by atomic mass is 10.1. The Labute approximate surface area is 102 Å². The van der Waals surface area contributed by atoms with Gasteiger partial charge in [-0.25, -0.2) is 0 Å². The number of likely N-dealkylation sites (tertiary alicyclic amines) is 1. The first-order valence-corrected chi connectivity index (χ1v) is 6.18. The summed E-state index contributed by atoms with van der Waals surface area (Å²) in [6.07, 6.45) is 5.79. The molecule has 1 saturated heterocycles. The molecule has 0 N–H and O–H groups in total. The number of nitrogens with zero attached hydrogens (tertiary/aromatic N) is 1. The third kappa shape index (κ3) is 3.30. The summed E-state index contributed by atoms with van der Waals surface area (Å²) in [7, 11) is 0. The van der Waals surface area contributed by atoms with E-state index in [1.54, 1.807) is 12.1 Å². The van der Waals surface area contributed by atoms with E-state index in [0.717, 1.165) is 18.8 Å². The minimum atomic E-state index is 0.0985. The maximum Gasteiger partial charge on any atom is 0.233 e. The van der Waals surface area contributed by atoms with Crippen molar-refractivity contribution in [1.82, 2.24) is 4.90 Å². The smallest absolute Gasteiger partial charge is 0.233 e. The van der Waals surface area contributed by atoms with Crippen LogP contribution in [0.5, 0.6) is 5.75 Å². The molecule has 1 aromatic carbocycles. The summed E-state index contributed by atoms with van der Waals surface area (Å²) in [6.45, 7) is 4.30. The van der Waals surface area contributed by atoms with Gasteiger partial charge in [-0.05, 0) is 44.0 Å². The Kier molecular flexibility index (Phi) is 4.15. The van der Waals surface area contributed by atoms with Crippen molar-refractivity contribution >= 4 is 6.29 Å². The van der Waals surface area contributed by atoms with E-state index in [0.29, 0.717) is 5.56 Å². The average molecular weight is 232 g/mol. The molecule has 2 rings (SSSR count). The minimum absolute atomic E-state index is 0.0985. The van der Waals surface area contributed by atoms with Gasteiger partial charge in [0.2, 0.25) is 6.29 Å². The molecular formula is C14H18NO2. The topological polar surface area (TPSA) is 29.5 Å². The lowest BCUT2D eigenvalue weighted by Crippen LogP contribution is -2.40. The second-order valence-corrected chi connectivity index (χ2v) is 4.44. The SMILES string of the molecule is CC(Oc1ccc([C]=O)cc1)N1CCCCC1. The van der Waals surface area contributed by atoms with Crippen LogP contribution in [-0.2, 0) is 4.79 Å². The molecule has 1 fully saturated rings. The molecule has 1 aliphatic heterocycles. The molecule has 1 heterocycles. The molecule has 91 valence electrons. The van der Waals surface area contributed by atoms with Crippen molar-refractivity contribution < 1.29 is 9.53 Å². The van der Waals surface area contributed by atoms with Gasteiger partial charge in [-0.15, -0.1) is 0 Å². The Hall–Kier alpha value is -1.35. The fourth-order valence-corrected chi connectivity index (χ4v) is 2.15. The van der Waals surface area contributed by atoms with Crippen molar-refractivity contribution in [2.45, 2.75) is 32.4 Å². The highest BCUT2D eigenvalue weighted by atomic mass is 16.5. The first kappa shape index (κ1) is 12.1. The van der Waals surface area contributed by atoms with Crippen LogP contribution in [0, 0.1) is 0 Å². The maximum atomic E-state index is 10.4. The van der Waals surface area contributed by atoms with Crippen molar-refractivity contribution in [3.05, 3.63) is 29.8 Å². The third-order valence-electron chi connectivity index (χ3n) is 3.18. The van der Waals surface area contributed by atoms with Gasteiger partial charge in [0.05, 0.1) is 0 Å². The lowest BCUT2D eigenvalue weighted by molar-refractivity contribution is 0.0262. The predicted molar refractivity (Wildman–Crippen MR) is 66.8 cm³/mol. The molecule has 1 aliphatic rings. The molecule has 3 nitrogen and oxygen atoms in total. The molecule has 0 bridgehead atoms. The van der Waals surface area contributed by atoms with E-state index < -0.39 is 0 Å². The molecule has 17 heavy (non-hydrogen) atoms. The van der Waals surface area contributed by atoms with Crippen LogP contribution in [0.1, 0.15) is 31.7 Å². The Morgan fingerprint density at radius 2 is 1.82 bits per heavy atom. The molecular weight excluding hydrogens is 214 g/mol. The molecule has 0 spiro atoms. The summed E-state index contributed by atoms with van der Waals surface area (Å²) in [5.41, 5.74) is 0.558. The third-order valence-corrected chi connectivity index (χ3v) is 3.18. The van der Waals surface area contributed by atoms with Crippen LogP contribution >= 0.6 is 0 Å². The first-order valence-electron chi connectivity index (χ1n) is 6.18. The molecule has 1 aromatic rings. The van der Waals surface area contributed by atoms with E-state index in [1.165, 1.54) is 19.3 Å². The largest absolute Gasteiger partial charge is 0.475 e. The summed E-state index contributed by atoms with van der Waals surface area (Å²) >= 11 is 0. The molecule has 1 unspecified atom stereocenters. The zero-order valence-electron chi connectivity index (χ0n) is 10.2. The second kappa shape index (κ2) is 5.82. The van der Waals surface area contributed by atoms with Crippen molar-refractivity contribution in [2.75, 3.05) is 13.1 Å². The van der Waals surface area contributed by atoms with Gasteiger partial charge in [-0.3, -0.25) is 9.69 Å². The molecule has 0 aliphatic carbocycles. The van der Waals surface area contributed by atoms with Gasteiger partial charge >= 0.3 is 0 Å². The fraction of sp³-hybridized carbons (Fsp3) is 0.500. The fourth-order valence-electron chi connectivity index (χ4n) is 2.15. The van der Waals surface area contributed by atoms with E-state index in [1.807, 2.05) is 18.4 Å². The normalized spacial score (nSPS) is 18.6. The number of ether oxygens (including phenoxy) is 1. The number of carbonyl (C=O) groups excluding carboxylic acids is 1. The lowest BCUT2D eigenvalue weighted by Gasteiger charge is -2.32.